The first-order valence-electron chi connectivity index (χ1n) is 8.12. The minimum Gasteiger partial charge on any atom is -0.303 e. The van der Waals surface area contributed by atoms with E-state index in [1.807, 2.05) is 6.92 Å². The molecule has 108 valence electrons. The summed E-state index contributed by atoms with van der Waals surface area (Å²) in [6.45, 7) is 6.64. The van der Waals surface area contributed by atoms with E-state index in [1.54, 1.807) is 0 Å². The van der Waals surface area contributed by atoms with Crippen molar-refractivity contribution in [3.8, 4) is 0 Å². The Kier molecular flexibility index (Phi) is 12.9. The fraction of sp³-hybridized carbons (Fsp3) is 0.941. The molecule has 0 saturated carbocycles. The number of unbranched alkanes of at least 4 members (excludes halogenated alkanes) is 8. The number of rotatable bonds is 13. The summed E-state index contributed by atoms with van der Waals surface area (Å²) in [5.41, 5.74) is 0. The summed E-state index contributed by atoms with van der Waals surface area (Å²) in [7, 11) is 0. The second kappa shape index (κ2) is 13.1. The topological polar surface area (TPSA) is 17.1 Å². The maximum atomic E-state index is 10.4. The van der Waals surface area contributed by atoms with Crippen LogP contribution in [0.2, 0.25) is 0 Å². The van der Waals surface area contributed by atoms with Gasteiger partial charge in [-0.05, 0) is 12.3 Å². The van der Waals surface area contributed by atoms with Gasteiger partial charge in [0, 0.05) is 5.92 Å². The Labute approximate surface area is 115 Å². The van der Waals surface area contributed by atoms with Crippen molar-refractivity contribution in [3.63, 3.8) is 0 Å². The number of hydrogen-bond donors (Lipinski definition) is 0. The molecule has 0 spiro atoms. The molecule has 1 heteroatoms. The van der Waals surface area contributed by atoms with Gasteiger partial charge in [-0.3, -0.25) is 0 Å². The molecular weight excluding hydrogens is 220 g/mol. The zero-order valence-electron chi connectivity index (χ0n) is 12.9. The molecule has 0 heterocycles. The molecule has 0 aromatic rings. The van der Waals surface area contributed by atoms with Gasteiger partial charge >= 0.3 is 0 Å². The van der Waals surface area contributed by atoms with Crippen LogP contribution >= 0.6 is 0 Å². The molecule has 0 bridgehead atoms. The molecule has 0 aliphatic heterocycles. The predicted molar refractivity (Wildman–Crippen MR) is 80.9 cm³/mol. The van der Waals surface area contributed by atoms with Crippen LogP contribution in [0.3, 0.4) is 0 Å². The van der Waals surface area contributed by atoms with Gasteiger partial charge in [-0.15, -0.1) is 0 Å². The van der Waals surface area contributed by atoms with Crippen molar-refractivity contribution in [3.05, 3.63) is 0 Å². The maximum absolute atomic E-state index is 10.4. The zero-order chi connectivity index (χ0) is 13.6. The fourth-order valence-corrected chi connectivity index (χ4v) is 2.32. The number of aldehydes is 1. The zero-order valence-corrected chi connectivity index (χ0v) is 12.9. The first kappa shape index (κ1) is 17.7. The summed E-state index contributed by atoms with van der Waals surface area (Å²) >= 11 is 0. The van der Waals surface area contributed by atoms with Crippen LogP contribution in [0.15, 0.2) is 0 Å². The highest BCUT2D eigenvalue weighted by atomic mass is 16.1. The van der Waals surface area contributed by atoms with E-state index in [0.717, 1.165) is 18.6 Å². The van der Waals surface area contributed by atoms with Crippen LogP contribution < -0.4 is 0 Å². The summed E-state index contributed by atoms with van der Waals surface area (Å²) in [6, 6.07) is 0. The Hall–Kier alpha value is -0.330. The number of hydrogen-bond acceptors (Lipinski definition) is 1. The van der Waals surface area contributed by atoms with Crippen LogP contribution in [0.1, 0.15) is 91.4 Å². The third kappa shape index (κ3) is 13.7. The molecule has 0 aliphatic carbocycles. The van der Waals surface area contributed by atoms with Crippen molar-refractivity contribution in [1.82, 2.24) is 0 Å². The Morgan fingerprint density at radius 2 is 1.06 bits per heavy atom. The minimum absolute atomic E-state index is 0.269. The second-order valence-corrected chi connectivity index (χ2v) is 6.27. The maximum Gasteiger partial charge on any atom is 0.122 e. The van der Waals surface area contributed by atoms with E-state index in [2.05, 4.69) is 13.8 Å². The summed E-state index contributed by atoms with van der Waals surface area (Å²) in [6.07, 6.45) is 15.9. The van der Waals surface area contributed by atoms with Crippen molar-refractivity contribution in [1.29, 1.82) is 0 Å². The Balaban J connectivity index is 3.01. The van der Waals surface area contributed by atoms with E-state index < -0.39 is 0 Å². The van der Waals surface area contributed by atoms with Crippen LogP contribution in [0.5, 0.6) is 0 Å². The fourth-order valence-electron chi connectivity index (χ4n) is 2.32. The quantitative estimate of drug-likeness (QED) is 0.301. The number of carbonyl (C=O) groups excluding carboxylic acids is 1. The lowest BCUT2D eigenvalue weighted by molar-refractivity contribution is -0.110. The van der Waals surface area contributed by atoms with Gasteiger partial charge in [0.15, 0.2) is 0 Å². The molecule has 0 rings (SSSR count). The van der Waals surface area contributed by atoms with Gasteiger partial charge in [0.05, 0.1) is 0 Å². The van der Waals surface area contributed by atoms with E-state index in [4.69, 9.17) is 0 Å². The summed E-state index contributed by atoms with van der Waals surface area (Å²) in [5.74, 6) is 1.14. The highest BCUT2D eigenvalue weighted by Gasteiger charge is 1.99. The first-order chi connectivity index (χ1) is 8.66. The average molecular weight is 254 g/mol. The van der Waals surface area contributed by atoms with E-state index >= 15 is 0 Å². The molecule has 0 radical (unpaired) electrons. The van der Waals surface area contributed by atoms with E-state index in [1.165, 1.54) is 64.2 Å². The number of carbonyl (C=O) groups is 1. The van der Waals surface area contributed by atoms with Gasteiger partial charge in [0.25, 0.3) is 0 Å². The van der Waals surface area contributed by atoms with E-state index in [-0.39, 0.29) is 5.92 Å². The lowest BCUT2D eigenvalue weighted by Gasteiger charge is -2.05. The van der Waals surface area contributed by atoms with Gasteiger partial charge in [-0.2, -0.15) is 0 Å². The van der Waals surface area contributed by atoms with Crippen molar-refractivity contribution in [2.24, 2.45) is 11.8 Å². The summed E-state index contributed by atoms with van der Waals surface area (Å²) in [5, 5.41) is 0. The van der Waals surface area contributed by atoms with Crippen molar-refractivity contribution in [2.75, 3.05) is 0 Å². The van der Waals surface area contributed by atoms with Crippen molar-refractivity contribution in [2.45, 2.75) is 91.4 Å². The largest absolute Gasteiger partial charge is 0.303 e. The molecule has 0 aliphatic rings. The first-order valence-corrected chi connectivity index (χ1v) is 8.12. The minimum atomic E-state index is 0.269. The normalized spacial score (nSPS) is 12.9. The van der Waals surface area contributed by atoms with Gasteiger partial charge in [0.1, 0.15) is 6.29 Å². The van der Waals surface area contributed by atoms with Crippen LogP contribution in [0, 0.1) is 11.8 Å². The SMILES string of the molecule is CC(C)CCCCCCCCCCC[C@@H](C)C=O. The predicted octanol–water partition coefficient (Wildman–Crippen LogP) is 5.77. The van der Waals surface area contributed by atoms with Crippen LogP contribution in [0.25, 0.3) is 0 Å². The Morgan fingerprint density at radius 1 is 0.667 bits per heavy atom. The van der Waals surface area contributed by atoms with Gasteiger partial charge in [0.2, 0.25) is 0 Å². The average Bonchev–Trinajstić information content (AvgIpc) is 2.35. The lowest BCUT2D eigenvalue weighted by atomic mass is 10.0. The van der Waals surface area contributed by atoms with Crippen LogP contribution in [-0.4, -0.2) is 6.29 Å². The Morgan fingerprint density at radius 3 is 1.44 bits per heavy atom. The molecule has 0 unspecified atom stereocenters. The third-order valence-electron chi connectivity index (χ3n) is 3.67. The standard InChI is InChI=1S/C17H34O/c1-16(2)13-11-9-7-5-4-6-8-10-12-14-17(3)15-18/h15-17H,4-14H2,1-3H3/t17-/m1/s1. The summed E-state index contributed by atoms with van der Waals surface area (Å²) < 4.78 is 0. The Bertz CT molecular complexity index is 174. The van der Waals surface area contributed by atoms with Crippen LogP contribution in [-0.2, 0) is 4.79 Å². The van der Waals surface area contributed by atoms with Crippen molar-refractivity contribution < 1.29 is 4.79 Å². The lowest BCUT2D eigenvalue weighted by Crippen LogP contribution is -1.94. The van der Waals surface area contributed by atoms with Gasteiger partial charge < -0.3 is 4.79 Å². The van der Waals surface area contributed by atoms with E-state index in [9.17, 15) is 4.79 Å². The second-order valence-electron chi connectivity index (χ2n) is 6.27. The highest BCUT2D eigenvalue weighted by Crippen LogP contribution is 2.14. The van der Waals surface area contributed by atoms with Crippen LogP contribution in [0.4, 0.5) is 0 Å². The third-order valence-corrected chi connectivity index (χ3v) is 3.67. The van der Waals surface area contributed by atoms with Gasteiger partial charge in [-0.1, -0.05) is 85.0 Å². The molecule has 18 heavy (non-hydrogen) atoms. The molecular formula is C17H34O. The molecule has 0 aromatic heterocycles. The molecule has 0 amide bonds. The molecule has 0 aromatic carbocycles. The van der Waals surface area contributed by atoms with Gasteiger partial charge in [-0.25, -0.2) is 0 Å². The summed E-state index contributed by atoms with van der Waals surface area (Å²) in [4.78, 5) is 10.4. The molecule has 1 atom stereocenters. The molecule has 1 nitrogen and oxygen atoms in total. The molecule has 0 N–H and O–H groups in total. The molecule has 0 fully saturated rings. The van der Waals surface area contributed by atoms with Crippen molar-refractivity contribution >= 4 is 6.29 Å². The smallest absolute Gasteiger partial charge is 0.122 e. The monoisotopic (exact) mass is 254 g/mol. The molecule has 0 saturated heterocycles. The van der Waals surface area contributed by atoms with E-state index in [0.29, 0.717) is 0 Å². The highest BCUT2D eigenvalue weighted by molar-refractivity contribution is 5.52.